The quantitative estimate of drug-likeness (QED) is 0.831. The van der Waals surface area contributed by atoms with Gasteiger partial charge in [-0.3, -0.25) is 0 Å². The van der Waals surface area contributed by atoms with Crippen molar-refractivity contribution in [3.63, 3.8) is 0 Å². The first-order valence-electron chi connectivity index (χ1n) is 9.77. The minimum Gasteiger partial charge on any atom is -0.378 e. The second-order valence-corrected chi connectivity index (χ2v) is 8.02. The number of aryl methyl sites for hydroxylation is 1. The van der Waals surface area contributed by atoms with Crippen LogP contribution in [0.5, 0.6) is 0 Å². The first-order chi connectivity index (χ1) is 11.6. The van der Waals surface area contributed by atoms with Gasteiger partial charge in [-0.25, -0.2) is 0 Å². The standard InChI is InChI=1S/C21H34N2O/c1-17(2)21-15-19(9-14-24-21)16-22-10-4-11-23(13-12-22)20-7-5-18(3)6-8-20/h5-8,17,19,21H,4,9-16H2,1-3H3/t19-,21-/m0/s1. The molecule has 0 N–H and O–H groups in total. The van der Waals surface area contributed by atoms with E-state index in [1.54, 1.807) is 0 Å². The SMILES string of the molecule is Cc1ccc(N2CCCN(C[C@H]3CCO[C@H](C(C)C)C3)CC2)cc1. The van der Waals surface area contributed by atoms with Crippen LogP contribution >= 0.6 is 0 Å². The monoisotopic (exact) mass is 330 g/mol. The van der Waals surface area contributed by atoms with Crippen molar-refractivity contribution < 1.29 is 4.74 Å². The predicted molar refractivity (Wildman–Crippen MR) is 102 cm³/mol. The zero-order chi connectivity index (χ0) is 16.9. The molecular formula is C21H34N2O. The molecule has 2 heterocycles. The van der Waals surface area contributed by atoms with Crippen molar-refractivity contribution in [1.29, 1.82) is 0 Å². The molecule has 24 heavy (non-hydrogen) atoms. The predicted octanol–water partition coefficient (Wildman–Crippen LogP) is 3.96. The number of rotatable bonds is 4. The minimum atomic E-state index is 0.472. The molecule has 3 rings (SSSR count). The Balaban J connectivity index is 1.51. The molecule has 0 saturated carbocycles. The van der Waals surface area contributed by atoms with Crippen molar-refractivity contribution in [2.45, 2.75) is 46.1 Å². The molecule has 2 fully saturated rings. The molecule has 2 atom stereocenters. The highest BCUT2D eigenvalue weighted by Crippen LogP contribution is 2.26. The summed E-state index contributed by atoms with van der Waals surface area (Å²) in [6.45, 7) is 13.7. The summed E-state index contributed by atoms with van der Waals surface area (Å²) in [6, 6.07) is 9.01. The Kier molecular flexibility index (Phi) is 6.18. The molecule has 0 amide bonds. The lowest BCUT2D eigenvalue weighted by molar-refractivity contribution is -0.0395. The Morgan fingerprint density at radius 1 is 1.08 bits per heavy atom. The van der Waals surface area contributed by atoms with Gasteiger partial charge in [-0.1, -0.05) is 31.5 Å². The van der Waals surface area contributed by atoms with E-state index in [1.807, 2.05) is 0 Å². The summed E-state index contributed by atoms with van der Waals surface area (Å²) in [4.78, 5) is 5.25. The minimum absolute atomic E-state index is 0.472. The van der Waals surface area contributed by atoms with E-state index in [0.29, 0.717) is 12.0 Å². The molecule has 0 aliphatic carbocycles. The summed E-state index contributed by atoms with van der Waals surface area (Å²) >= 11 is 0. The van der Waals surface area contributed by atoms with Crippen LogP contribution in [0, 0.1) is 18.8 Å². The summed E-state index contributed by atoms with van der Waals surface area (Å²) in [7, 11) is 0. The molecule has 0 spiro atoms. The Morgan fingerprint density at radius 3 is 2.62 bits per heavy atom. The van der Waals surface area contributed by atoms with Crippen LogP contribution in [-0.4, -0.2) is 50.3 Å². The number of nitrogens with zero attached hydrogens (tertiary/aromatic N) is 2. The van der Waals surface area contributed by atoms with Crippen LogP contribution in [0.15, 0.2) is 24.3 Å². The van der Waals surface area contributed by atoms with Gasteiger partial charge in [-0.05, 0) is 56.7 Å². The number of benzene rings is 1. The Bertz CT molecular complexity index is 499. The normalized spacial score (nSPS) is 26.6. The maximum atomic E-state index is 5.94. The molecule has 1 aromatic rings. The van der Waals surface area contributed by atoms with E-state index in [1.165, 1.54) is 56.7 Å². The van der Waals surface area contributed by atoms with Crippen LogP contribution < -0.4 is 4.90 Å². The van der Waals surface area contributed by atoms with Crippen molar-refractivity contribution >= 4 is 5.69 Å². The summed E-state index contributed by atoms with van der Waals surface area (Å²) in [5.74, 6) is 1.46. The van der Waals surface area contributed by atoms with Gasteiger partial charge in [0.05, 0.1) is 6.10 Å². The van der Waals surface area contributed by atoms with Crippen LogP contribution in [0.2, 0.25) is 0 Å². The van der Waals surface area contributed by atoms with E-state index >= 15 is 0 Å². The maximum Gasteiger partial charge on any atom is 0.0601 e. The number of ether oxygens (including phenoxy) is 1. The average Bonchev–Trinajstić information content (AvgIpc) is 2.81. The van der Waals surface area contributed by atoms with E-state index < -0.39 is 0 Å². The van der Waals surface area contributed by atoms with Crippen molar-refractivity contribution in [3.8, 4) is 0 Å². The number of anilines is 1. The number of hydrogen-bond donors (Lipinski definition) is 0. The third-order valence-electron chi connectivity index (χ3n) is 5.67. The van der Waals surface area contributed by atoms with Gasteiger partial charge in [0.15, 0.2) is 0 Å². The fourth-order valence-electron chi connectivity index (χ4n) is 4.06. The number of hydrogen-bond acceptors (Lipinski definition) is 3. The van der Waals surface area contributed by atoms with Crippen molar-refractivity contribution in [3.05, 3.63) is 29.8 Å². The van der Waals surface area contributed by atoms with Crippen molar-refractivity contribution in [2.75, 3.05) is 44.2 Å². The van der Waals surface area contributed by atoms with Crippen LogP contribution in [0.1, 0.15) is 38.7 Å². The summed E-state index contributed by atoms with van der Waals surface area (Å²) in [5.41, 5.74) is 2.72. The van der Waals surface area contributed by atoms with Crippen LogP contribution in [0.25, 0.3) is 0 Å². The highest BCUT2D eigenvalue weighted by molar-refractivity contribution is 5.47. The van der Waals surface area contributed by atoms with E-state index in [2.05, 4.69) is 54.8 Å². The second-order valence-electron chi connectivity index (χ2n) is 8.02. The van der Waals surface area contributed by atoms with Crippen molar-refractivity contribution in [2.24, 2.45) is 11.8 Å². The molecule has 2 aliphatic rings. The van der Waals surface area contributed by atoms with Crippen LogP contribution in [0.4, 0.5) is 5.69 Å². The highest BCUT2D eigenvalue weighted by atomic mass is 16.5. The van der Waals surface area contributed by atoms with E-state index in [9.17, 15) is 0 Å². The summed E-state index contributed by atoms with van der Waals surface area (Å²) < 4.78 is 5.94. The molecule has 2 aliphatic heterocycles. The first-order valence-corrected chi connectivity index (χ1v) is 9.77. The molecule has 1 aromatic carbocycles. The van der Waals surface area contributed by atoms with Gasteiger partial charge in [0, 0.05) is 38.5 Å². The van der Waals surface area contributed by atoms with Crippen LogP contribution in [-0.2, 0) is 4.74 Å². The van der Waals surface area contributed by atoms with Crippen LogP contribution in [0.3, 0.4) is 0 Å². The third kappa shape index (κ3) is 4.73. The largest absolute Gasteiger partial charge is 0.378 e. The molecule has 2 saturated heterocycles. The molecule has 0 radical (unpaired) electrons. The summed E-state index contributed by atoms with van der Waals surface area (Å²) in [5, 5.41) is 0. The molecule has 0 aromatic heterocycles. The Morgan fingerprint density at radius 2 is 1.88 bits per heavy atom. The van der Waals surface area contributed by atoms with E-state index in [4.69, 9.17) is 4.74 Å². The smallest absolute Gasteiger partial charge is 0.0601 e. The van der Waals surface area contributed by atoms with E-state index in [-0.39, 0.29) is 0 Å². The fraction of sp³-hybridized carbons (Fsp3) is 0.714. The van der Waals surface area contributed by atoms with Gasteiger partial charge < -0.3 is 14.5 Å². The second kappa shape index (κ2) is 8.35. The molecule has 3 nitrogen and oxygen atoms in total. The zero-order valence-electron chi connectivity index (χ0n) is 15.7. The lowest BCUT2D eigenvalue weighted by Gasteiger charge is -2.34. The third-order valence-corrected chi connectivity index (χ3v) is 5.67. The summed E-state index contributed by atoms with van der Waals surface area (Å²) in [6.07, 6.45) is 4.22. The highest BCUT2D eigenvalue weighted by Gasteiger charge is 2.27. The lowest BCUT2D eigenvalue weighted by atomic mass is 9.90. The molecule has 134 valence electrons. The van der Waals surface area contributed by atoms with Gasteiger partial charge >= 0.3 is 0 Å². The Hall–Kier alpha value is -1.06. The van der Waals surface area contributed by atoms with Gasteiger partial charge in [0.2, 0.25) is 0 Å². The molecule has 0 unspecified atom stereocenters. The van der Waals surface area contributed by atoms with Gasteiger partial charge in [-0.15, -0.1) is 0 Å². The zero-order valence-corrected chi connectivity index (χ0v) is 15.7. The van der Waals surface area contributed by atoms with Crippen molar-refractivity contribution in [1.82, 2.24) is 4.90 Å². The Labute approximate surface area is 148 Å². The average molecular weight is 331 g/mol. The molecule has 3 heteroatoms. The van der Waals surface area contributed by atoms with Gasteiger partial charge in [0.1, 0.15) is 0 Å². The van der Waals surface area contributed by atoms with Gasteiger partial charge in [-0.2, -0.15) is 0 Å². The molecular weight excluding hydrogens is 296 g/mol. The first kappa shape index (κ1) is 17.8. The van der Waals surface area contributed by atoms with Gasteiger partial charge in [0.25, 0.3) is 0 Å². The maximum absolute atomic E-state index is 5.94. The van der Waals surface area contributed by atoms with E-state index in [0.717, 1.165) is 19.1 Å². The topological polar surface area (TPSA) is 15.7 Å². The molecule has 0 bridgehead atoms. The lowest BCUT2D eigenvalue weighted by Crippen LogP contribution is -2.38. The fourth-order valence-corrected chi connectivity index (χ4v) is 4.06.